The molecule has 0 spiro atoms. The predicted molar refractivity (Wildman–Crippen MR) is 59.9 cm³/mol. The number of rotatable bonds is 6. The van der Waals surface area contributed by atoms with Gasteiger partial charge < -0.3 is 10.5 Å². The molecule has 0 fully saturated rings. The van der Waals surface area contributed by atoms with Crippen molar-refractivity contribution < 1.29 is 4.74 Å². The highest BCUT2D eigenvalue weighted by Gasteiger charge is 1.92. The van der Waals surface area contributed by atoms with Gasteiger partial charge in [-0.15, -0.1) is 6.58 Å². The first-order chi connectivity index (χ1) is 6.83. The van der Waals surface area contributed by atoms with E-state index in [0.717, 1.165) is 30.7 Å². The largest absolute Gasteiger partial charge is 0.399 e. The number of hydrogen-bond acceptors (Lipinski definition) is 2. The van der Waals surface area contributed by atoms with E-state index in [1.54, 1.807) is 0 Å². The Balaban J connectivity index is 2.18. The molecular weight excluding hydrogens is 174 g/mol. The number of anilines is 1. The van der Waals surface area contributed by atoms with Crippen LogP contribution in [-0.4, -0.2) is 6.61 Å². The first-order valence-electron chi connectivity index (χ1n) is 4.86. The third kappa shape index (κ3) is 4.10. The SMILES string of the molecule is C=CCCCOCc1ccc(N)cc1. The summed E-state index contributed by atoms with van der Waals surface area (Å²) in [5, 5.41) is 0. The van der Waals surface area contributed by atoms with E-state index in [0.29, 0.717) is 6.61 Å². The van der Waals surface area contributed by atoms with Crippen LogP contribution in [0.15, 0.2) is 36.9 Å². The van der Waals surface area contributed by atoms with E-state index in [1.807, 2.05) is 30.3 Å². The van der Waals surface area contributed by atoms with Gasteiger partial charge in [0.05, 0.1) is 6.61 Å². The molecule has 0 aliphatic heterocycles. The minimum absolute atomic E-state index is 0.664. The van der Waals surface area contributed by atoms with Crippen molar-refractivity contribution in [3.8, 4) is 0 Å². The number of allylic oxidation sites excluding steroid dienone is 1. The highest BCUT2D eigenvalue weighted by Crippen LogP contribution is 2.06. The van der Waals surface area contributed by atoms with E-state index in [9.17, 15) is 0 Å². The number of ether oxygens (including phenoxy) is 1. The second kappa shape index (κ2) is 6.22. The van der Waals surface area contributed by atoms with Gasteiger partial charge in [0.2, 0.25) is 0 Å². The molecule has 0 heterocycles. The summed E-state index contributed by atoms with van der Waals surface area (Å²) in [4.78, 5) is 0. The quantitative estimate of drug-likeness (QED) is 0.426. The number of benzene rings is 1. The Bertz CT molecular complexity index is 266. The molecule has 0 aromatic heterocycles. The van der Waals surface area contributed by atoms with Crippen LogP contribution >= 0.6 is 0 Å². The molecule has 76 valence electrons. The second-order valence-electron chi connectivity index (χ2n) is 3.23. The molecule has 1 rings (SSSR count). The molecule has 0 unspecified atom stereocenters. The van der Waals surface area contributed by atoms with Crippen molar-refractivity contribution in [1.29, 1.82) is 0 Å². The van der Waals surface area contributed by atoms with Crippen molar-refractivity contribution in [1.82, 2.24) is 0 Å². The summed E-state index contributed by atoms with van der Waals surface area (Å²) in [7, 11) is 0. The van der Waals surface area contributed by atoms with Crippen molar-refractivity contribution in [2.75, 3.05) is 12.3 Å². The standard InChI is InChI=1S/C12H17NO/c1-2-3-4-9-14-10-11-5-7-12(13)8-6-11/h2,5-8H,1,3-4,9-10,13H2. The molecule has 2 N–H and O–H groups in total. The predicted octanol–water partition coefficient (Wildman–Crippen LogP) is 2.75. The monoisotopic (exact) mass is 191 g/mol. The Morgan fingerprint density at radius 3 is 2.64 bits per heavy atom. The van der Waals surface area contributed by atoms with E-state index < -0.39 is 0 Å². The second-order valence-corrected chi connectivity index (χ2v) is 3.23. The maximum atomic E-state index is 5.57. The zero-order valence-corrected chi connectivity index (χ0v) is 8.41. The van der Waals surface area contributed by atoms with Gasteiger partial charge in [-0.25, -0.2) is 0 Å². The Morgan fingerprint density at radius 1 is 1.29 bits per heavy atom. The number of hydrogen-bond donors (Lipinski definition) is 1. The van der Waals surface area contributed by atoms with E-state index in [1.165, 1.54) is 0 Å². The lowest BCUT2D eigenvalue weighted by Crippen LogP contribution is -1.95. The van der Waals surface area contributed by atoms with Crippen molar-refractivity contribution in [2.24, 2.45) is 0 Å². The lowest BCUT2D eigenvalue weighted by molar-refractivity contribution is 0.119. The fraction of sp³-hybridized carbons (Fsp3) is 0.333. The number of nitrogens with two attached hydrogens (primary N) is 1. The summed E-state index contributed by atoms with van der Waals surface area (Å²) in [6.07, 6.45) is 3.97. The molecular formula is C12H17NO. The molecule has 0 saturated carbocycles. The molecule has 0 saturated heterocycles. The average Bonchev–Trinajstić information content (AvgIpc) is 2.21. The van der Waals surface area contributed by atoms with Gasteiger partial charge in [-0.05, 0) is 30.5 Å². The van der Waals surface area contributed by atoms with E-state index in [4.69, 9.17) is 10.5 Å². The topological polar surface area (TPSA) is 35.2 Å². The van der Waals surface area contributed by atoms with Crippen LogP contribution < -0.4 is 5.73 Å². The van der Waals surface area contributed by atoms with Crippen LogP contribution in [0.1, 0.15) is 18.4 Å². The maximum Gasteiger partial charge on any atom is 0.0716 e. The van der Waals surface area contributed by atoms with Crippen molar-refractivity contribution in [3.63, 3.8) is 0 Å². The first kappa shape index (κ1) is 10.8. The Kier molecular flexibility index (Phi) is 4.79. The van der Waals surface area contributed by atoms with Gasteiger partial charge in [-0.2, -0.15) is 0 Å². The summed E-state index contributed by atoms with van der Waals surface area (Å²) in [6.45, 7) is 5.11. The fourth-order valence-corrected chi connectivity index (χ4v) is 1.13. The van der Waals surface area contributed by atoms with Gasteiger partial charge in [0, 0.05) is 12.3 Å². The van der Waals surface area contributed by atoms with E-state index in [2.05, 4.69) is 6.58 Å². The van der Waals surface area contributed by atoms with Crippen LogP contribution in [0.2, 0.25) is 0 Å². The molecule has 0 amide bonds. The third-order valence-corrected chi connectivity index (χ3v) is 1.95. The van der Waals surface area contributed by atoms with Crippen LogP contribution in [-0.2, 0) is 11.3 Å². The van der Waals surface area contributed by atoms with Crippen molar-refractivity contribution in [3.05, 3.63) is 42.5 Å². The Labute approximate surface area is 85.4 Å². The van der Waals surface area contributed by atoms with Crippen LogP contribution in [0.5, 0.6) is 0 Å². The molecule has 0 aliphatic rings. The maximum absolute atomic E-state index is 5.57. The van der Waals surface area contributed by atoms with Gasteiger partial charge in [0.25, 0.3) is 0 Å². The summed E-state index contributed by atoms with van der Waals surface area (Å²) >= 11 is 0. The lowest BCUT2D eigenvalue weighted by atomic mass is 10.2. The molecule has 1 aromatic carbocycles. The molecule has 0 radical (unpaired) electrons. The molecule has 2 nitrogen and oxygen atoms in total. The molecule has 0 aliphatic carbocycles. The molecule has 0 bridgehead atoms. The first-order valence-corrected chi connectivity index (χ1v) is 4.86. The van der Waals surface area contributed by atoms with Crippen LogP contribution in [0, 0.1) is 0 Å². The summed E-state index contributed by atoms with van der Waals surface area (Å²) < 4.78 is 5.47. The highest BCUT2D eigenvalue weighted by molar-refractivity contribution is 5.39. The van der Waals surface area contributed by atoms with Crippen LogP contribution in [0.4, 0.5) is 5.69 Å². The summed E-state index contributed by atoms with van der Waals surface area (Å²) in [5.41, 5.74) is 7.53. The van der Waals surface area contributed by atoms with Crippen molar-refractivity contribution in [2.45, 2.75) is 19.4 Å². The lowest BCUT2D eigenvalue weighted by Gasteiger charge is -2.03. The summed E-state index contributed by atoms with van der Waals surface area (Å²) in [5.74, 6) is 0. The minimum Gasteiger partial charge on any atom is -0.399 e. The normalized spacial score (nSPS) is 10.0. The average molecular weight is 191 g/mol. The molecule has 0 atom stereocenters. The van der Waals surface area contributed by atoms with Gasteiger partial charge in [0.15, 0.2) is 0 Å². The van der Waals surface area contributed by atoms with Crippen LogP contribution in [0.3, 0.4) is 0 Å². The number of unbranched alkanes of at least 4 members (excludes halogenated alkanes) is 1. The molecule has 14 heavy (non-hydrogen) atoms. The van der Waals surface area contributed by atoms with E-state index in [-0.39, 0.29) is 0 Å². The van der Waals surface area contributed by atoms with Gasteiger partial charge >= 0.3 is 0 Å². The highest BCUT2D eigenvalue weighted by atomic mass is 16.5. The van der Waals surface area contributed by atoms with Crippen LogP contribution in [0.25, 0.3) is 0 Å². The molecule has 2 heteroatoms. The molecule has 1 aromatic rings. The van der Waals surface area contributed by atoms with Gasteiger partial charge in [-0.1, -0.05) is 18.2 Å². The smallest absolute Gasteiger partial charge is 0.0716 e. The number of nitrogen functional groups attached to an aromatic ring is 1. The van der Waals surface area contributed by atoms with E-state index >= 15 is 0 Å². The van der Waals surface area contributed by atoms with Gasteiger partial charge in [0.1, 0.15) is 0 Å². The van der Waals surface area contributed by atoms with Crippen molar-refractivity contribution >= 4 is 5.69 Å². The Hall–Kier alpha value is -1.28. The Morgan fingerprint density at radius 2 is 2.00 bits per heavy atom. The van der Waals surface area contributed by atoms with Gasteiger partial charge in [-0.3, -0.25) is 0 Å². The zero-order chi connectivity index (χ0) is 10.2. The minimum atomic E-state index is 0.664. The summed E-state index contributed by atoms with van der Waals surface area (Å²) in [6, 6.07) is 7.76. The fourth-order valence-electron chi connectivity index (χ4n) is 1.13. The third-order valence-electron chi connectivity index (χ3n) is 1.95. The zero-order valence-electron chi connectivity index (χ0n) is 8.41.